The minimum atomic E-state index is 0.110. The summed E-state index contributed by atoms with van der Waals surface area (Å²) >= 11 is 0. The molecule has 1 saturated heterocycles. The van der Waals surface area contributed by atoms with Gasteiger partial charge in [0.15, 0.2) is 5.78 Å². The quantitative estimate of drug-likeness (QED) is 0.339. The van der Waals surface area contributed by atoms with Crippen LogP contribution in [0, 0.1) is 5.92 Å². The predicted molar refractivity (Wildman–Crippen MR) is 126 cm³/mol. The summed E-state index contributed by atoms with van der Waals surface area (Å²) in [5, 5.41) is 1.26. The number of Topliss-reactive ketones (excluding diaryl/α,β-unsaturated/α-hetero) is 1. The lowest BCUT2D eigenvalue weighted by Gasteiger charge is -2.39. The maximum absolute atomic E-state index is 12.6. The van der Waals surface area contributed by atoms with E-state index in [9.17, 15) is 4.79 Å². The molecule has 0 unspecified atom stereocenters. The van der Waals surface area contributed by atoms with Crippen molar-refractivity contribution in [3.63, 3.8) is 0 Å². The van der Waals surface area contributed by atoms with Gasteiger partial charge in [0.25, 0.3) is 0 Å². The Hall–Kier alpha value is -3.37. The van der Waals surface area contributed by atoms with Crippen molar-refractivity contribution in [3.05, 3.63) is 101 Å². The van der Waals surface area contributed by atoms with Gasteiger partial charge >= 0.3 is 0 Å². The maximum Gasteiger partial charge on any atom is 0.167 e. The molecule has 1 aliphatic heterocycles. The van der Waals surface area contributed by atoms with E-state index in [-0.39, 0.29) is 5.78 Å². The second-order valence-corrected chi connectivity index (χ2v) is 8.66. The molecular formula is C27H27N3O. The van der Waals surface area contributed by atoms with Crippen LogP contribution in [0.15, 0.2) is 79.0 Å². The number of nitrogens with one attached hydrogen (secondary N) is 1. The molecule has 31 heavy (non-hydrogen) atoms. The Labute approximate surface area is 182 Å². The highest BCUT2D eigenvalue weighted by Crippen LogP contribution is 2.24. The van der Waals surface area contributed by atoms with E-state index in [0.717, 1.165) is 37.2 Å². The van der Waals surface area contributed by atoms with E-state index in [0.29, 0.717) is 18.0 Å². The number of hydrogen-bond donors (Lipinski definition) is 2. The lowest BCUT2D eigenvalue weighted by atomic mass is 9.91. The summed E-state index contributed by atoms with van der Waals surface area (Å²) in [4.78, 5) is 18.4. The number of nitrogen functional groups attached to an aromatic ring is 1. The molecule has 1 fully saturated rings. The van der Waals surface area contributed by atoms with E-state index in [1.54, 1.807) is 0 Å². The van der Waals surface area contributed by atoms with Gasteiger partial charge in [-0.2, -0.15) is 0 Å². The number of benzene rings is 3. The fraction of sp³-hybridized carbons (Fsp3) is 0.222. The monoisotopic (exact) mass is 409 g/mol. The maximum atomic E-state index is 12.6. The first-order valence-electron chi connectivity index (χ1n) is 10.9. The molecule has 5 rings (SSSR count). The number of likely N-dealkylation sites (tertiary alicyclic amines) is 1. The zero-order valence-electron chi connectivity index (χ0n) is 17.6. The molecular weight excluding hydrogens is 382 g/mol. The standard InChI is InChI=1S/C27H27N3O/c28-25-4-2-1-3-24(25)15-27(31)23-9-5-19(6-10-23)13-21-17-30(18-21)16-20-7-8-22-11-12-29-26(22)14-20/h1-12,14,21,29H,13,15-18,28H2. The molecule has 0 saturated carbocycles. The molecule has 4 nitrogen and oxygen atoms in total. The number of carbonyl (C=O) groups is 1. The number of anilines is 1. The largest absolute Gasteiger partial charge is 0.398 e. The second-order valence-electron chi connectivity index (χ2n) is 8.66. The molecule has 4 aromatic rings. The summed E-state index contributed by atoms with van der Waals surface area (Å²) in [5.41, 5.74) is 12.2. The van der Waals surface area contributed by atoms with Crippen LogP contribution in [-0.4, -0.2) is 28.8 Å². The number of nitrogens with zero attached hydrogens (tertiary/aromatic N) is 1. The molecule has 0 spiro atoms. The van der Waals surface area contributed by atoms with E-state index in [1.807, 2.05) is 42.6 Å². The number of para-hydroxylation sites is 1. The number of fused-ring (bicyclic) bond motifs is 1. The Morgan fingerprint density at radius 1 is 0.968 bits per heavy atom. The third-order valence-corrected chi connectivity index (χ3v) is 6.26. The zero-order chi connectivity index (χ0) is 21.2. The van der Waals surface area contributed by atoms with Crippen molar-refractivity contribution in [3.8, 4) is 0 Å². The number of ketones is 1. The number of aromatic nitrogens is 1. The first-order valence-corrected chi connectivity index (χ1v) is 10.9. The van der Waals surface area contributed by atoms with Gasteiger partial charge in [-0.05, 0) is 52.6 Å². The number of aromatic amines is 1. The van der Waals surface area contributed by atoms with E-state index >= 15 is 0 Å². The van der Waals surface area contributed by atoms with Crippen molar-refractivity contribution >= 4 is 22.4 Å². The Morgan fingerprint density at radius 3 is 2.55 bits per heavy atom. The summed E-state index contributed by atoms with van der Waals surface area (Å²) in [6.45, 7) is 3.25. The Bertz CT molecular complexity index is 1200. The third kappa shape index (κ3) is 4.39. The van der Waals surface area contributed by atoms with Gasteiger partial charge in [0, 0.05) is 49.0 Å². The summed E-state index contributed by atoms with van der Waals surface area (Å²) < 4.78 is 0. The number of hydrogen-bond acceptors (Lipinski definition) is 3. The highest BCUT2D eigenvalue weighted by atomic mass is 16.1. The average molecular weight is 410 g/mol. The molecule has 1 aliphatic rings. The zero-order valence-corrected chi connectivity index (χ0v) is 17.6. The lowest BCUT2D eigenvalue weighted by molar-refractivity contribution is 0.0926. The molecule has 2 heterocycles. The van der Waals surface area contributed by atoms with E-state index in [1.165, 1.54) is 22.0 Å². The van der Waals surface area contributed by atoms with Crippen LogP contribution in [0.4, 0.5) is 5.69 Å². The molecule has 0 bridgehead atoms. The summed E-state index contributed by atoms with van der Waals surface area (Å²) in [6, 6.07) is 24.4. The molecule has 3 aromatic carbocycles. The van der Waals surface area contributed by atoms with Crippen LogP contribution in [0.1, 0.15) is 27.0 Å². The van der Waals surface area contributed by atoms with Crippen LogP contribution in [0.3, 0.4) is 0 Å². The Morgan fingerprint density at radius 2 is 1.74 bits per heavy atom. The summed E-state index contributed by atoms with van der Waals surface area (Å²) in [7, 11) is 0. The van der Waals surface area contributed by atoms with Crippen LogP contribution in [0.5, 0.6) is 0 Å². The highest BCUT2D eigenvalue weighted by molar-refractivity contribution is 5.98. The second kappa shape index (κ2) is 8.40. The highest BCUT2D eigenvalue weighted by Gasteiger charge is 2.26. The predicted octanol–water partition coefficient (Wildman–Crippen LogP) is 4.85. The molecule has 0 aliphatic carbocycles. The Balaban J connectivity index is 1.12. The van der Waals surface area contributed by atoms with Crippen LogP contribution >= 0.6 is 0 Å². The van der Waals surface area contributed by atoms with Crippen molar-refractivity contribution in [2.75, 3.05) is 18.8 Å². The molecule has 0 atom stereocenters. The molecule has 156 valence electrons. The number of H-pyrrole nitrogens is 1. The normalized spacial score (nSPS) is 14.6. The number of rotatable bonds is 7. The smallest absolute Gasteiger partial charge is 0.167 e. The molecule has 3 N–H and O–H groups in total. The molecule has 0 radical (unpaired) electrons. The van der Waals surface area contributed by atoms with Crippen molar-refractivity contribution in [1.29, 1.82) is 0 Å². The van der Waals surface area contributed by atoms with E-state index in [2.05, 4.69) is 46.3 Å². The fourth-order valence-corrected chi connectivity index (χ4v) is 4.52. The number of carbonyl (C=O) groups excluding carboxylic acids is 1. The minimum Gasteiger partial charge on any atom is -0.398 e. The lowest BCUT2D eigenvalue weighted by Crippen LogP contribution is -2.46. The van der Waals surface area contributed by atoms with Gasteiger partial charge in [0.05, 0.1) is 0 Å². The van der Waals surface area contributed by atoms with Gasteiger partial charge in [0.1, 0.15) is 0 Å². The molecule has 1 aromatic heterocycles. The van der Waals surface area contributed by atoms with Gasteiger partial charge in [-0.25, -0.2) is 0 Å². The SMILES string of the molecule is Nc1ccccc1CC(=O)c1ccc(CC2CN(Cc3ccc4cc[nH]c4c3)C2)cc1. The van der Waals surface area contributed by atoms with Crippen LogP contribution in [0.25, 0.3) is 10.9 Å². The van der Waals surface area contributed by atoms with Crippen molar-refractivity contribution in [1.82, 2.24) is 9.88 Å². The number of nitrogens with two attached hydrogens (primary N) is 1. The van der Waals surface area contributed by atoms with Crippen molar-refractivity contribution in [2.24, 2.45) is 5.92 Å². The van der Waals surface area contributed by atoms with Crippen LogP contribution < -0.4 is 5.73 Å². The van der Waals surface area contributed by atoms with E-state index < -0.39 is 0 Å². The fourth-order valence-electron chi connectivity index (χ4n) is 4.52. The van der Waals surface area contributed by atoms with Gasteiger partial charge in [0.2, 0.25) is 0 Å². The topological polar surface area (TPSA) is 62.1 Å². The average Bonchev–Trinajstić information content (AvgIpc) is 3.22. The summed E-state index contributed by atoms with van der Waals surface area (Å²) in [5.74, 6) is 0.790. The summed E-state index contributed by atoms with van der Waals surface area (Å²) in [6.07, 6.45) is 3.40. The van der Waals surface area contributed by atoms with Gasteiger partial charge < -0.3 is 10.7 Å². The van der Waals surface area contributed by atoms with Crippen LogP contribution in [0.2, 0.25) is 0 Å². The van der Waals surface area contributed by atoms with Gasteiger partial charge in [-0.3, -0.25) is 9.69 Å². The van der Waals surface area contributed by atoms with Gasteiger partial charge in [-0.1, -0.05) is 54.6 Å². The minimum absolute atomic E-state index is 0.110. The first kappa shape index (κ1) is 19.6. The molecule has 0 amide bonds. The van der Waals surface area contributed by atoms with Crippen molar-refractivity contribution in [2.45, 2.75) is 19.4 Å². The first-order chi connectivity index (χ1) is 15.1. The van der Waals surface area contributed by atoms with E-state index in [4.69, 9.17) is 5.73 Å². The van der Waals surface area contributed by atoms with Crippen LogP contribution in [-0.2, 0) is 19.4 Å². The third-order valence-electron chi connectivity index (χ3n) is 6.26. The van der Waals surface area contributed by atoms with Gasteiger partial charge in [-0.15, -0.1) is 0 Å². The van der Waals surface area contributed by atoms with Crippen molar-refractivity contribution < 1.29 is 4.79 Å². The Kier molecular flexibility index (Phi) is 5.31. The molecule has 4 heteroatoms.